The second-order valence-electron chi connectivity index (χ2n) is 7.54. The molecule has 3 aliphatic rings. The highest BCUT2D eigenvalue weighted by Gasteiger charge is 2.38. The summed E-state index contributed by atoms with van der Waals surface area (Å²) in [5.41, 5.74) is 1.25. The van der Waals surface area contributed by atoms with Crippen LogP contribution in [0.25, 0.3) is 0 Å². The minimum Gasteiger partial charge on any atom is -0.387 e. The molecule has 3 unspecified atom stereocenters. The van der Waals surface area contributed by atoms with Gasteiger partial charge in [-0.2, -0.15) is 0 Å². The predicted molar refractivity (Wildman–Crippen MR) is 82.5 cm³/mol. The molecule has 1 aromatic heterocycles. The third-order valence-electron chi connectivity index (χ3n) is 5.10. The van der Waals surface area contributed by atoms with Crippen molar-refractivity contribution in [2.24, 2.45) is 5.41 Å². The molecule has 0 aromatic carbocycles. The first-order chi connectivity index (χ1) is 10.0. The average Bonchev–Trinajstić information content (AvgIpc) is 3.01. The standard InChI is InChI=1S/C16H24N2O2S/c1-16(2)6-11-14(12(19)7-16)21-15(17-11)13-8-18-5-3-4-10(18)9-20-13/h10,12-13,19H,3-9H2,1-2H3. The number of morpholine rings is 1. The fraction of sp³-hybridized carbons (Fsp3) is 0.812. The molecule has 2 saturated heterocycles. The summed E-state index contributed by atoms with van der Waals surface area (Å²) in [4.78, 5) is 8.47. The number of thiazole rings is 1. The molecule has 116 valence electrons. The van der Waals surface area contributed by atoms with Crippen molar-refractivity contribution < 1.29 is 9.84 Å². The fourth-order valence-corrected chi connectivity index (χ4v) is 5.13. The van der Waals surface area contributed by atoms with Crippen LogP contribution in [-0.2, 0) is 11.2 Å². The molecule has 4 nitrogen and oxygen atoms in total. The van der Waals surface area contributed by atoms with Crippen LogP contribution in [0.3, 0.4) is 0 Å². The van der Waals surface area contributed by atoms with Crippen LogP contribution < -0.4 is 0 Å². The summed E-state index contributed by atoms with van der Waals surface area (Å²) >= 11 is 1.67. The Morgan fingerprint density at radius 1 is 1.43 bits per heavy atom. The second kappa shape index (κ2) is 5.01. The van der Waals surface area contributed by atoms with E-state index in [2.05, 4.69) is 18.7 Å². The molecular weight excluding hydrogens is 284 g/mol. The van der Waals surface area contributed by atoms with E-state index in [1.807, 2.05) is 0 Å². The number of hydrogen-bond acceptors (Lipinski definition) is 5. The number of rotatable bonds is 1. The van der Waals surface area contributed by atoms with Gasteiger partial charge in [-0.05, 0) is 37.6 Å². The molecule has 5 heteroatoms. The molecule has 1 aliphatic carbocycles. The molecular formula is C16H24N2O2S. The van der Waals surface area contributed by atoms with Crippen molar-refractivity contribution >= 4 is 11.3 Å². The molecule has 1 N–H and O–H groups in total. The number of aliphatic hydroxyl groups excluding tert-OH is 1. The summed E-state index contributed by atoms with van der Waals surface area (Å²) < 4.78 is 6.07. The van der Waals surface area contributed by atoms with Crippen LogP contribution >= 0.6 is 11.3 Å². The van der Waals surface area contributed by atoms with Crippen LogP contribution in [0.5, 0.6) is 0 Å². The maximum absolute atomic E-state index is 10.4. The molecule has 0 bridgehead atoms. The maximum atomic E-state index is 10.4. The molecule has 3 heterocycles. The monoisotopic (exact) mass is 308 g/mol. The average molecular weight is 308 g/mol. The summed E-state index contributed by atoms with van der Waals surface area (Å²) in [6.07, 6.45) is 4.12. The lowest BCUT2D eigenvalue weighted by Crippen LogP contribution is -2.42. The van der Waals surface area contributed by atoms with Crippen LogP contribution in [0, 0.1) is 5.41 Å². The van der Waals surface area contributed by atoms with Crippen LogP contribution in [-0.4, -0.2) is 40.7 Å². The number of fused-ring (bicyclic) bond motifs is 2. The zero-order chi connectivity index (χ0) is 14.6. The van der Waals surface area contributed by atoms with E-state index in [1.165, 1.54) is 19.4 Å². The van der Waals surface area contributed by atoms with Gasteiger partial charge in [-0.3, -0.25) is 4.90 Å². The van der Waals surface area contributed by atoms with Crippen LogP contribution in [0.4, 0.5) is 0 Å². The summed E-state index contributed by atoms with van der Waals surface area (Å²) in [6.45, 7) is 7.43. The maximum Gasteiger partial charge on any atom is 0.123 e. The quantitative estimate of drug-likeness (QED) is 0.866. The van der Waals surface area contributed by atoms with E-state index in [9.17, 15) is 5.11 Å². The van der Waals surface area contributed by atoms with Crippen molar-refractivity contribution in [1.29, 1.82) is 0 Å². The Morgan fingerprint density at radius 2 is 2.29 bits per heavy atom. The van der Waals surface area contributed by atoms with E-state index in [1.54, 1.807) is 11.3 Å². The first-order valence-corrected chi connectivity index (χ1v) is 8.87. The summed E-state index contributed by atoms with van der Waals surface area (Å²) in [5.74, 6) is 0. The molecule has 0 spiro atoms. The molecule has 0 amide bonds. The highest BCUT2D eigenvalue weighted by Crippen LogP contribution is 2.44. The first-order valence-electron chi connectivity index (χ1n) is 8.05. The zero-order valence-electron chi connectivity index (χ0n) is 12.8. The largest absolute Gasteiger partial charge is 0.387 e. The lowest BCUT2D eigenvalue weighted by molar-refractivity contribution is -0.0503. The van der Waals surface area contributed by atoms with Crippen molar-refractivity contribution in [3.63, 3.8) is 0 Å². The van der Waals surface area contributed by atoms with Gasteiger partial charge in [0.15, 0.2) is 0 Å². The van der Waals surface area contributed by atoms with E-state index in [0.29, 0.717) is 6.04 Å². The van der Waals surface area contributed by atoms with Crippen molar-refractivity contribution in [3.05, 3.63) is 15.6 Å². The van der Waals surface area contributed by atoms with E-state index in [4.69, 9.17) is 9.72 Å². The molecule has 3 atom stereocenters. The van der Waals surface area contributed by atoms with Gasteiger partial charge in [0.25, 0.3) is 0 Å². The molecule has 4 rings (SSSR count). The van der Waals surface area contributed by atoms with Gasteiger partial charge >= 0.3 is 0 Å². The van der Waals surface area contributed by atoms with E-state index in [0.717, 1.165) is 41.6 Å². The lowest BCUT2D eigenvalue weighted by Gasteiger charge is -2.34. The molecule has 2 aliphatic heterocycles. The Bertz CT molecular complexity index is 542. The fourth-order valence-electron chi connectivity index (χ4n) is 4.02. The molecule has 21 heavy (non-hydrogen) atoms. The van der Waals surface area contributed by atoms with E-state index in [-0.39, 0.29) is 17.6 Å². The van der Waals surface area contributed by atoms with E-state index < -0.39 is 0 Å². The highest BCUT2D eigenvalue weighted by molar-refractivity contribution is 7.11. The number of nitrogens with zero attached hydrogens (tertiary/aromatic N) is 2. The summed E-state index contributed by atoms with van der Waals surface area (Å²) in [7, 11) is 0. The van der Waals surface area contributed by atoms with Gasteiger partial charge in [0.1, 0.15) is 11.1 Å². The third-order valence-corrected chi connectivity index (χ3v) is 6.39. The summed E-state index contributed by atoms with van der Waals surface area (Å²) in [5, 5.41) is 11.4. The Morgan fingerprint density at radius 3 is 3.14 bits per heavy atom. The lowest BCUT2D eigenvalue weighted by atomic mass is 9.77. The second-order valence-corrected chi connectivity index (χ2v) is 8.60. The summed E-state index contributed by atoms with van der Waals surface area (Å²) in [6, 6.07) is 0.625. The van der Waals surface area contributed by atoms with Crippen molar-refractivity contribution in [3.8, 4) is 0 Å². The molecule has 0 radical (unpaired) electrons. The van der Waals surface area contributed by atoms with Gasteiger partial charge in [-0.25, -0.2) is 4.98 Å². The van der Waals surface area contributed by atoms with Crippen molar-refractivity contribution in [1.82, 2.24) is 9.88 Å². The van der Waals surface area contributed by atoms with Gasteiger partial charge in [-0.1, -0.05) is 13.8 Å². The van der Waals surface area contributed by atoms with Crippen LogP contribution in [0.1, 0.15) is 60.9 Å². The van der Waals surface area contributed by atoms with Crippen molar-refractivity contribution in [2.45, 2.75) is 57.8 Å². The first kappa shape index (κ1) is 14.1. The molecule has 2 fully saturated rings. The molecule has 0 saturated carbocycles. The Hall–Kier alpha value is -0.490. The van der Waals surface area contributed by atoms with Gasteiger partial charge in [0.2, 0.25) is 0 Å². The third kappa shape index (κ3) is 2.54. The van der Waals surface area contributed by atoms with Gasteiger partial charge in [0, 0.05) is 12.6 Å². The highest BCUT2D eigenvalue weighted by atomic mass is 32.1. The number of ether oxygens (including phenoxy) is 1. The number of aliphatic hydroxyl groups is 1. The van der Waals surface area contributed by atoms with E-state index >= 15 is 0 Å². The SMILES string of the molecule is CC1(C)Cc2nc(C3CN4CCCC4CO3)sc2C(O)C1. The predicted octanol–water partition coefficient (Wildman–Crippen LogP) is 2.68. The van der Waals surface area contributed by atoms with Gasteiger partial charge in [-0.15, -0.1) is 11.3 Å². The minimum absolute atomic E-state index is 0.102. The normalized spacial score (nSPS) is 35.5. The van der Waals surface area contributed by atoms with Gasteiger partial charge < -0.3 is 9.84 Å². The number of hydrogen-bond donors (Lipinski definition) is 1. The number of aromatic nitrogens is 1. The van der Waals surface area contributed by atoms with Crippen LogP contribution in [0.2, 0.25) is 0 Å². The Kier molecular flexibility index (Phi) is 3.37. The van der Waals surface area contributed by atoms with Gasteiger partial charge in [0.05, 0.1) is 23.3 Å². The minimum atomic E-state index is -0.349. The Balaban J connectivity index is 1.57. The molecule has 1 aromatic rings. The Labute approximate surface area is 130 Å². The zero-order valence-corrected chi connectivity index (χ0v) is 13.7. The topological polar surface area (TPSA) is 45.6 Å². The van der Waals surface area contributed by atoms with Crippen molar-refractivity contribution in [2.75, 3.05) is 19.7 Å². The smallest absolute Gasteiger partial charge is 0.123 e. The van der Waals surface area contributed by atoms with Crippen LogP contribution in [0.15, 0.2) is 0 Å².